The first-order chi connectivity index (χ1) is 20.5. The van der Waals surface area contributed by atoms with Crippen molar-refractivity contribution in [1.82, 2.24) is 30.3 Å². The maximum Gasteiger partial charge on any atom is 0.325 e. The number of ether oxygens (including phenoxy) is 1. The van der Waals surface area contributed by atoms with Crippen LogP contribution in [0.4, 0.5) is 10.5 Å². The molecule has 4 aromatic rings. The SMILES string of the molecule is COc1cccc(CN2C(=O)N(c3ccc(C4CNNC4)cc3)CC23CCN(C(=O)c2cnn4ccccc24)CC3)c1. The molecule has 2 aromatic heterocycles. The molecule has 0 unspecified atom stereocenters. The van der Waals surface area contributed by atoms with Crippen LogP contribution in [0, 0.1) is 0 Å². The highest BCUT2D eigenvalue weighted by Crippen LogP contribution is 2.40. The number of hydrogen-bond donors (Lipinski definition) is 2. The maximum absolute atomic E-state index is 14.1. The third-order valence-corrected chi connectivity index (χ3v) is 9.10. The van der Waals surface area contributed by atoms with Crippen LogP contribution in [0.5, 0.6) is 5.75 Å². The fourth-order valence-corrected chi connectivity index (χ4v) is 6.64. The molecule has 3 aliphatic rings. The highest BCUT2D eigenvalue weighted by Gasteiger charge is 2.51. The van der Waals surface area contributed by atoms with Crippen molar-refractivity contribution in [3.05, 3.63) is 95.8 Å². The summed E-state index contributed by atoms with van der Waals surface area (Å²) >= 11 is 0. The van der Waals surface area contributed by atoms with E-state index < -0.39 is 5.54 Å². The predicted octanol–water partition coefficient (Wildman–Crippen LogP) is 3.65. The van der Waals surface area contributed by atoms with Crippen molar-refractivity contribution in [2.45, 2.75) is 30.8 Å². The number of hydrazine groups is 1. The fourth-order valence-electron chi connectivity index (χ4n) is 6.64. The van der Waals surface area contributed by atoms with Crippen LogP contribution in [0.15, 0.2) is 79.1 Å². The zero-order valence-electron chi connectivity index (χ0n) is 23.7. The molecule has 0 saturated carbocycles. The number of benzene rings is 2. The number of carbonyl (C=O) groups excluding carboxylic acids is 2. The van der Waals surface area contributed by atoms with Crippen LogP contribution in [0.2, 0.25) is 0 Å². The van der Waals surface area contributed by atoms with Crippen LogP contribution in [-0.2, 0) is 6.54 Å². The summed E-state index contributed by atoms with van der Waals surface area (Å²) in [5, 5.41) is 4.36. The zero-order valence-corrected chi connectivity index (χ0v) is 23.7. The molecule has 2 N–H and O–H groups in total. The summed E-state index contributed by atoms with van der Waals surface area (Å²) < 4.78 is 7.19. The highest BCUT2D eigenvalue weighted by molar-refractivity contribution is 6.01. The van der Waals surface area contributed by atoms with Crippen LogP contribution < -0.4 is 20.5 Å². The Bertz CT molecular complexity index is 1600. The maximum atomic E-state index is 14.1. The van der Waals surface area contributed by atoms with Gasteiger partial charge in [0.05, 0.1) is 36.5 Å². The number of amides is 3. The zero-order chi connectivity index (χ0) is 28.7. The summed E-state index contributed by atoms with van der Waals surface area (Å²) in [5.41, 5.74) is 10.6. The van der Waals surface area contributed by atoms with E-state index in [2.05, 4.69) is 40.2 Å². The van der Waals surface area contributed by atoms with Gasteiger partial charge in [-0.15, -0.1) is 0 Å². The first kappa shape index (κ1) is 26.5. The van der Waals surface area contributed by atoms with Gasteiger partial charge in [-0.3, -0.25) is 20.5 Å². The van der Waals surface area contributed by atoms with Crippen molar-refractivity contribution >= 4 is 23.1 Å². The van der Waals surface area contributed by atoms with Crippen molar-refractivity contribution < 1.29 is 14.3 Å². The van der Waals surface area contributed by atoms with Gasteiger partial charge in [0, 0.05) is 50.5 Å². The second-order valence-corrected chi connectivity index (χ2v) is 11.5. The Morgan fingerprint density at radius 2 is 1.81 bits per heavy atom. The van der Waals surface area contributed by atoms with E-state index in [0.717, 1.165) is 35.6 Å². The number of anilines is 1. The molecule has 3 aliphatic heterocycles. The third-order valence-electron chi connectivity index (χ3n) is 9.10. The van der Waals surface area contributed by atoms with Gasteiger partial charge in [-0.1, -0.05) is 30.3 Å². The number of hydrogen-bond acceptors (Lipinski definition) is 6. The minimum absolute atomic E-state index is 0.00262. The summed E-state index contributed by atoms with van der Waals surface area (Å²) in [6, 6.07) is 22.0. The number of nitrogens with zero attached hydrogens (tertiary/aromatic N) is 5. The number of aromatic nitrogens is 2. The quantitative estimate of drug-likeness (QED) is 0.371. The molecular formula is C32H35N7O3. The normalized spacial score (nSPS) is 18.9. The van der Waals surface area contributed by atoms with E-state index in [1.807, 2.05) is 63.4 Å². The molecule has 1 spiro atoms. The van der Waals surface area contributed by atoms with Gasteiger partial charge in [0.25, 0.3) is 5.91 Å². The Balaban J connectivity index is 1.15. The van der Waals surface area contributed by atoms with Gasteiger partial charge in [0.1, 0.15) is 5.75 Å². The van der Waals surface area contributed by atoms with Gasteiger partial charge in [-0.2, -0.15) is 5.10 Å². The molecule has 0 radical (unpaired) electrons. The minimum atomic E-state index is -0.393. The molecule has 0 aliphatic carbocycles. The lowest BCUT2D eigenvalue weighted by atomic mass is 9.86. The predicted molar refractivity (Wildman–Crippen MR) is 160 cm³/mol. The Hall–Kier alpha value is -4.41. The molecule has 3 saturated heterocycles. The first-order valence-electron chi connectivity index (χ1n) is 14.5. The van der Waals surface area contributed by atoms with Crippen LogP contribution >= 0.6 is 0 Å². The lowest BCUT2D eigenvalue weighted by Gasteiger charge is -2.43. The van der Waals surface area contributed by atoms with Crippen molar-refractivity contribution in [2.75, 3.05) is 44.7 Å². The monoisotopic (exact) mass is 565 g/mol. The summed E-state index contributed by atoms with van der Waals surface area (Å²) in [5.74, 6) is 1.17. The van der Waals surface area contributed by atoms with E-state index >= 15 is 0 Å². The number of pyridine rings is 1. The Labute approximate surface area is 244 Å². The van der Waals surface area contributed by atoms with Crippen molar-refractivity contribution in [2.24, 2.45) is 0 Å². The second-order valence-electron chi connectivity index (χ2n) is 11.5. The molecule has 10 heteroatoms. The Kier molecular flexibility index (Phi) is 6.79. The van der Waals surface area contributed by atoms with E-state index in [4.69, 9.17) is 4.74 Å². The van der Waals surface area contributed by atoms with E-state index in [1.54, 1.807) is 17.8 Å². The summed E-state index contributed by atoms with van der Waals surface area (Å²) in [7, 11) is 1.65. The number of likely N-dealkylation sites (tertiary alicyclic amines) is 1. The van der Waals surface area contributed by atoms with Crippen LogP contribution in [0.1, 0.15) is 40.2 Å². The standard InChI is InChI=1S/C32H35N7O3/c1-42-27-6-4-5-23(17-27)21-38-31(41)37(26-10-8-24(9-11-26)25-18-33-34-19-25)22-32(38)12-15-36(16-13-32)30(40)28-20-35-39-14-3-2-7-29(28)39/h2-11,14,17,20,25,33-34H,12-13,15-16,18-19,21-22H2,1H3. The van der Waals surface area contributed by atoms with E-state index in [0.29, 0.717) is 50.5 Å². The number of rotatable bonds is 6. The number of methoxy groups -OCH3 is 1. The van der Waals surface area contributed by atoms with E-state index in [9.17, 15) is 9.59 Å². The van der Waals surface area contributed by atoms with E-state index in [-0.39, 0.29) is 11.9 Å². The fraction of sp³-hybridized carbons (Fsp3) is 0.344. The average molecular weight is 566 g/mol. The topological polar surface area (TPSA) is 94.5 Å². The van der Waals surface area contributed by atoms with Gasteiger partial charge in [-0.25, -0.2) is 9.31 Å². The van der Waals surface area contributed by atoms with Gasteiger partial charge in [0.15, 0.2) is 0 Å². The number of fused-ring (bicyclic) bond motifs is 1. The number of nitrogens with one attached hydrogen (secondary N) is 2. The third kappa shape index (κ3) is 4.66. The number of piperidine rings is 1. The molecule has 0 bridgehead atoms. The average Bonchev–Trinajstić information content (AvgIpc) is 3.78. The van der Waals surface area contributed by atoms with Crippen molar-refractivity contribution in [1.29, 1.82) is 0 Å². The van der Waals surface area contributed by atoms with Gasteiger partial charge in [0.2, 0.25) is 0 Å². The molecule has 10 nitrogen and oxygen atoms in total. The molecule has 2 aromatic carbocycles. The lowest BCUT2D eigenvalue weighted by molar-refractivity contribution is 0.0509. The first-order valence-corrected chi connectivity index (χ1v) is 14.5. The summed E-state index contributed by atoms with van der Waals surface area (Å²) in [6.07, 6.45) is 4.89. The van der Waals surface area contributed by atoms with Crippen LogP contribution in [-0.4, -0.2) is 76.7 Å². The minimum Gasteiger partial charge on any atom is -0.497 e. The van der Waals surface area contributed by atoms with Crippen LogP contribution in [0.3, 0.4) is 0 Å². The molecule has 7 rings (SSSR count). The summed E-state index contributed by atoms with van der Waals surface area (Å²) in [4.78, 5) is 33.6. The largest absolute Gasteiger partial charge is 0.497 e. The molecule has 42 heavy (non-hydrogen) atoms. The van der Waals surface area contributed by atoms with Gasteiger partial charge >= 0.3 is 6.03 Å². The second kappa shape index (κ2) is 10.8. The molecule has 0 atom stereocenters. The number of urea groups is 1. The Morgan fingerprint density at radius 3 is 2.57 bits per heavy atom. The number of carbonyl (C=O) groups is 2. The molecular weight excluding hydrogens is 530 g/mol. The summed E-state index contributed by atoms with van der Waals surface area (Å²) in [6.45, 7) is 3.99. The lowest BCUT2D eigenvalue weighted by Crippen LogP contribution is -2.55. The Morgan fingerprint density at radius 1 is 1.02 bits per heavy atom. The molecule has 3 fully saturated rings. The van der Waals surface area contributed by atoms with Crippen molar-refractivity contribution in [3.8, 4) is 5.75 Å². The highest BCUT2D eigenvalue weighted by atomic mass is 16.5. The smallest absolute Gasteiger partial charge is 0.325 e. The van der Waals surface area contributed by atoms with E-state index in [1.165, 1.54) is 5.56 Å². The van der Waals surface area contributed by atoms with Gasteiger partial charge < -0.3 is 14.5 Å². The van der Waals surface area contributed by atoms with Crippen molar-refractivity contribution in [3.63, 3.8) is 0 Å². The van der Waals surface area contributed by atoms with Crippen LogP contribution in [0.25, 0.3) is 5.52 Å². The molecule has 216 valence electrons. The molecule has 5 heterocycles. The van der Waals surface area contributed by atoms with Gasteiger partial charge in [-0.05, 0) is 60.4 Å². The molecule has 3 amide bonds.